The van der Waals surface area contributed by atoms with Crippen molar-refractivity contribution in [3.63, 3.8) is 0 Å². The van der Waals surface area contributed by atoms with Crippen molar-refractivity contribution in [3.05, 3.63) is 84.0 Å². The van der Waals surface area contributed by atoms with Gasteiger partial charge in [-0.05, 0) is 36.3 Å². The number of hydrogen-bond donors (Lipinski definition) is 0. The number of para-hydroxylation sites is 1. The Morgan fingerprint density at radius 1 is 1.15 bits per heavy atom. The number of carbonyl (C=O) groups excluding carboxylic acids is 2. The third-order valence-electron chi connectivity index (χ3n) is 5.69. The molecular formula is C26H24ClFN2O3S. The molecule has 0 saturated heterocycles. The van der Waals surface area contributed by atoms with Gasteiger partial charge in [0.05, 0.1) is 9.55 Å². The molecule has 2 aromatic carbocycles. The monoisotopic (exact) mass is 498 g/mol. The molecule has 0 spiro atoms. The van der Waals surface area contributed by atoms with Crippen LogP contribution in [0.1, 0.15) is 31.9 Å². The molecule has 0 fully saturated rings. The smallest absolute Gasteiger partial charge is 0.269 e. The first kappa shape index (κ1) is 24.1. The molecule has 1 aromatic heterocycles. The first-order chi connectivity index (χ1) is 16.1. The van der Waals surface area contributed by atoms with Crippen molar-refractivity contribution in [2.45, 2.75) is 33.7 Å². The molecule has 0 unspecified atom stereocenters. The van der Waals surface area contributed by atoms with Crippen LogP contribution in [0.15, 0.2) is 47.3 Å². The molecule has 1 amide bonds. The standard InChI is InChI=1S/C26H24ClFN2O3S/c1-26(2,3)22(31)14-24-30(15-23(32)29-12-11-16-7-4-5-10-20(16)29)25(33)21(34-24)13-17-18(27)8-6-9-19(17)28/h4-10,13-14H,11-12,15H2,1-3H3. The number of rotatable bonds is 4. The summed E-state index contributed by atoms with van der Waals surface area (Å²) in [5.41, 5.74) is 0.853. The fraction of sp³-hybridized carbons (Fsp3) is 0.269. The van der Waals surface area contributed by atoms with Crippen LogP contribution in [-0.4, -0.2) is 22.8 Å². The lowest BCUT2D eigenvalue weighted by Gasteiger charge is -2.17. The predicted octanol–water partition coefficient (Wildman–Crippen LogP) is 3.52. The molecule has 34 heavy (non-hydrogen) atoms. The van der Waals surface area contributed by atoms with Crippen molar-refractivity contribution in [2.24, 2.45) is 5.41 Å². The van der Waals surface area contributed by atoms with E-state index in [1.54, 1.807) is 25.7 Å². The highest BCUT2D eigenvalue weighted by molar-refractivity contribution is 7.07. The second kappa shape index (κ2) is 9.31. The van der Waals surface area contributed by atoms with Gasteiger partial charge in [0.2, 0.25) is 5.91 Å². The Morgan fingerprint density at radius 3 is 2.59 bits per heavy atom. The average Bonchev–Trinajstić information content (AvgIpc) is 3.32. The number of thiazole rings is 1. The van der Waals surface area contributed by atoms with E-state index in [0.717, 1.165) is 29.0 Å². The average molecular weight is 499 g/mol. The van der Waals surface area contributed by atoms with Gasteiger partial charge in [-0.2, -0.15) is 0 Å². The summed E-state index contributed by atoms with van der Waals surface area (Å²) >= 11 is 7.18. The summed E-state index contributed by atoms with van der Waals surface area (Å²) in [7, 11) is 0. The summed E-state index contributed by atoms with van der Waals surface area (Å²) in [6.45, 7) is 5.63. The molecule has 0 atom stereocenters. The number of fused-ring (bicyclic) bond motifs is 1. The lowest BCUT2D eigenvalue weighted by atomic mass is 9.91. The summed E-state index contributed by atoms with van der Waals surface area (Å²) in [5.74, 6) is -0.997. The minimum atomic E-state index is -0.665. The van der Waals surface area contributed by atoms with Crippen LogP contribution in [0, 0.1) is 11.2 Å². The van der Waals surface area contributed by atoms with Crippen LogP contribution in [0.25, 0.3) is 12.2 Å². The number of amides is 1. The Kier molecular flexibility index (Phi) is 6.60. The van der Waals surface area contributed by atoms with E-state index in [1.165, 1.54) is 34.9 Å². The SMILES string of the molecule is CC(C)(C)C(=O)C=c1sc(=Cc2c(F)cccc2Cl)c(=O)n1CC(=O)N1CCc2ccccc21. The molecule has 1 aliphatic rings. The number of ketones is 1. The zero-order valence-electron chi connectivity index (χ0n) is 19.1. The molecule has 3 aromatic rings. The van der Waals surface area contributed by atoms with Crippen LogP contribution in [0.2, 0.25) is 5.02 Å². The van der Waals surface area contributed by atoms with Crippen molar-refractivity contribution in [2.75, 3.05) is 11.4 Å². The molecule has 0 N–H and O–H groups in total. The Balaban J connectivity index is 1.82. The maximum atomic E-state index is 14.4. The zero-order valence-corrected chi connectivity index (χ0v) is 20.7. The molecule has 0 radical (unpaired) electrons. The normalized spacial score (nSPS) is 14.6. The number of halogens is 2. The Morgan fingerprint density at radius 2 is 1.88 bits per heavy atom. The number of carbonyl (C=O) groups is 2. The predicted molar refractivity (Wildman–Crippen MR) is 134 cm³/mol. The lowest BCUT2D eigenvalue weighted by Crippen LogP contribution is -2.40. The third-order valence-corrected chi connectivity index (χ3v) is 7.08. The largest absolute Gasteiger partial charge is 0.310 e. The summed E-state index contributed by atoms with van der Waals surface area (Å²) in [4.78, 5) is 40.9. The number of hydrogen-bond acceptors (Lipinski definition) is 4. The Bertz CT molecular complexity index is 1450. The highest BCUT2D eigenvalue weighted by atomic mass is 35.5. The van der Waals surface area contributed by atoms with Gasteiger partial charge in [0.15, 0.2) is 5.78 Å². The zero-order chi connectivity index (χ0) is 24.6. The number of benzene rings is 2. The quantitative estimate of drug-likeness (QED) is 0.553. The lowest BCUT2D eigenvalue weighted by molar-refractivity contribution is -0.120. The van der Waals surface area contributed by atoms with E-state index >= 15 is 0 Å². The van der Waals surface area contributed by atoms with Crippen molar-refractivity contribution in [1.29, 1.82) is 0 Å². The molecule has 0 aliphatic carbocycles. The first-order valence-electron chi connectivity index (χ1n) is 10.9. The summed E-state index contributed by atoms with van der Waals surface area (Å²) in [6.07, 6.45) is 3.50. The second-order valence-corrected chi connectivity index (χ2v) is 10.6. The van der Waals surface area contributed by atoms with Crippen molar-refractivity contribution in [1.82, 2.24) is 4.57 Å². The molecule has 0 bridgehead atoms. The maximum Gasteiger partial charge on any atom is 0.269 e. The minimum absolute atomic E-state index is 0.0863. The first-order valence-corrected chi connectivity index (χ1v) is 12.1. The van der Waals surface area contributed by atoms with Crippen LogP contribution in [0.5, 0.6) is 0 Å². The Hall–Kier alpha value is -3.03. The van der Waals surface area contributed by atoms with E-state index < -0.39 is 16.8 Å². The fourth-order valence-electron chi connectivity index (χ4n) is 3.72. The topological polar surface area (TPSA) is 59.4 Å². The number of nitrogens with zero attached hydrogens (tertiary/aromatic N) is 2. The minimum Gasteiger partial charge on any atom is -0.310 e. The van der Waals surface area contributed by atoms with Gasteiger partial charge in [0.25, 0.3) is 5.56 Å². The van der Waals surface area contributed by atoms with Gasteiger partial charge in [0.1, 0.15) is 17.0 Å². The van der Waals surface area contributed by atoms with E-state index in [0.29, 0.717) is 11.2 Å². The van der Waals surface area contributed by atoms with E-state index in [9.17, 15) is 18.8 Å². The van der Waals surface area contributed by atoms with Crippen LogP contribution >= 0.6 is 22.9 Å². The Labute approximate surface area is 205 Å². The van der Waals surface area contributed by atoms with Gasteiger partial charge in [-0.25, -0.2) is 4.39 Å². The van der Waals surface area contributed by atoms with Crippen LogP contribution in [-0.2, 0) is 22.6 Å². The molecule has 8 heteroatoms. The van der Waals surface area contributed by atoms with Gasteiger partial charge in [-0.15, -0.1) is 11.3 Å². The summed E-state index contributed by atoms with van der Waals surface area (Å²) in [5, 5.41) is 0.167. The number of Topliss-reactive ketones (excluding diaryl/α,β-unsaturated/α-hetero) is 1. The van der Waals surface area contributed by atoms with Crippen LogP contribution in [0.3, 0.4) is 0 Å². The maximum absolute atomic E-state index is 14.4. The van der Waals surface area contributed by atoms with E-state index in [2.05, 4.69) is 0 Å². The highest BCUT2D eigenvalue weighted by Crippen LogP contribution is 2.27. The van der Waals surface area contributed by atoms with Gasteiger partial charge in [0, 0.05) is 29.3 Å². The van der Waals surface area contributed by atoms with Gasteiger partial charge in [-0.1, -0.05) is 56.6 Å². The fourth-order valence-corrected chi connectivity index (χ4v) is 4.96. The molecule has 176 valence electrons. The summed E-state index contributed by atoms with van der Waals surface area (Å²) in [6, 6.07) is 11.9. The van der Waals surface area contributed by atoms with E-state index in [4.69, 9.17) is 11.6 Å². The second-order valence-electron chi connectivity index (χ2n) is 9.16. The molecule has 0 saturated carbocycles. The van der Waals surface area contributed by atoms with Gasteiger partial charge < -0.3 is 4.90 Å². The van der Waals surface area contributed by atoms with Crippen LogP contribution in [0.4, 0.5) is 10.1 Å². The van der Waals surface area contributed by atoms with Crippen molar-refractivity contribution >= 4 is 52.5 Å². The molecule has 4 rings (SSSR count). The summed E-state index contributed by atoms with van der Waals surface area (Å²) < 4.78 is 16.2. The number of aromatic nitrogens is 1. The van der Waals surface area contributed by atoms with Crippen LogP contribution < -0.4 is 19.7 Å². The molecule has 1 aliphatic heterocycles. The molecule has 5 nitrogen and oxygen atoms in total. The van der Waals surface area contributed by atoms with E-state index in [-0.39, 0.29) is 33.4 Å². The number of anilines is 1. The molecular weight excluding hydrogens is 475 g/mol. The highest BCUT2D eigenvalue weighted by Gasteiger charge is 2.26. The van der Waals surface area contributed by atoms with Gasteiger partial charge in [-0.3, -0.25) is 19.0 Å². The van der Waals surface area contributed by atoms with Crippen molar-refractivity contribution < 1.29 is 14.0 Å². The van der Waals surface area contributed by atoms with E-state index in [1.807, 2.05) is 24.3 Å². The third kappa shape index (κ3) is 4.76. The van der Waals surface area contributed by atoms with Crippen molar-refractivity contribution in [3.8, 4) is 0 Å². The van der Waals surface area contributed by atoms with Gasteiger partial charge >= 0.3 is 0 Å². The molecule has 2 heterocycles.